The van der Waals surface area contributed by atoms with Crippen molar-refractivity contribution in [1.29, 1.82) is 0 Å². The Balaban J connectivity index is 1.88. The van der Waals surface area contributed by atoms with Gasteiger partial charge in [-0.05, 0) is 25.3 Å². The average molecular weight is 233 g/mol. The summed E-state index contributed by atoms with van der Waals surface area (Å²) >= 11 is 0. The molecule has 0 aliphatic carbocycles. The number of likely N-dealkylation sites (tertiary alicyclic amines) is 1. The van der Waals surface area contributed by atoms with Crippen molar-refractivity contribution in [3.05, 3.63) is 35.4 Å². The maximum atomic E-state index is 10.6. The summed E-state index contributed by atoms with van der Waals surface area (Å²) in [5, 5.41) is 8.70. The second-order valence-electron chi connectivity index (χ2n) is 5.00. The van der Waals surface area contributed by atoms with Crippen LogP contribution in [0.25, 0.3) is 0 Å². The van der Waals surface area contributed by atoms with Gasteiger partial charge in [-0.3, -0.25) is 9.69 Å². The van der Waals surface area contributed by atoms with E-state index in [9.17, 15) is 4.79 Å². The van der Waals surface area contributed by atoms with Gasteiger partial charge in [0.1, 0.15) is 0 Å². The van der Waals surface area contributed by atoms with Crippen molar-refractivity contribution in [1.82, 2.24) is 4.90 Å². The summed E-state index contributed by atoms with van der Waals surface area (Å²) in [6, 6.07) is 8.95. The highest BCUT2D eigenvalue weighted by molar-refractivity contribution is 5.67. The van der Waals surface area contributed by atoms with Crippen LogP contribution in [0.4, 0.5) is 0 Å². The topological polar surface area (TPSA) is 40.5 Å². The fraction of sp³-hybridized carbons (Fsp3) is 0.500. The Kier molecular flexibility index (Phi) is 3.48. The maximum Gasteiger partial charge on any atom is 0.303 e. The van der Waals surface area contributed by atoms with Gasteiger partial charge in [0, 0.05) is 19.1 Å². The number of hydrogen-bond donors (Lipinski definition) is 1. The third kappa shape index (κ3) is 2.86. The molecule has 1 aliphatic heterocycles. The molecular weight excluding hydrogens is 214 g/mol. The lowest BCUT2D eigenvalue weighted by molar-refractivity contribution is -0.139. The minimum Gasteiger partial charge on any atom is -0.481 e. The first-order valence-corrected chi connectivity index (χ1v) is 6.08. The summed E-state index contributed by atoms with van der Waals surface area (Å²) in [6.45, 7) is 6.07. The fourth-order valence-corrected chi connectivity index (χ4v) is 2.36. The van der Waals surface area contributed by atoms with Gasteiger partial charge < -0.3 is 5.11 Å². The Morgan fingerprint density at radius 1 is 1.41 bits per heavy atom. The molecule has 0 bridgehead atoms. The molecule has 1 unspecified atom stereocenters. The number of carbonyl (C=O) groups is 1. The van der Waals surface area contributed by atoms with Crippen LogP contribution in [0.5, 0.6) is 0 Å². The Morgan fingerprint density at radius 2 is 2.00 bits per heavy atom. The van der Waals surface area contributed by atoms with Gasteiger partial charge in [-0.1, -0.05) is 29.8 Å². The Labute approximate surface area is 102 Å². The largest absolute Gasteiger partial charge is 0.481 e. The number of rotatable bonds is 4. The highest BCUT2D eigenvalue weighted by Gasteiger charge is 2.31. The van der Waals surface area contributed by atoms with E-state index in [-0.39, 0.29) is 0 Å². The minimum absolute atomic E-state index is 0.303. The van der Waals surface area contributed by atoms with Crippen molar-refractivity contribution in [3.63, 3.8) is 0 Å². The highest BCUT2D eigenvalue weighted by Crippen LogP contribution is 2.29. The van der Waals surface area contributed by atoms with E-state index < -0.39 is 5.97 Å². The van der Waals surface area contributed by atoms with Crippen LogP contribution < -0.4 is 0 Å². The fourth-order valence-electron chi connectivity index (χ4n) is 2.36. The predicted octanol–water partition coefficient (Wildman–Crippen LogP) is 2.46. The number of carboxylic acids is 1. The maximum absolute atomic E-state index is 10.6. The SMILES string of the molecule is Cc1ccc(C(C)N2CC(CC(=O)O)C2)cc1. The smallest absolute Gasteiger partial charge is 0.303 e. The van der Waals surface area contributed by atoms with Crippen molar-refractivity contribution in [3.8, 4) is 0 Å². The molecule has 17 heavy (non-hydrogen) atoms. The van der Waals surface area contributed by atoms with Crippen molar-refractivity contribution < 1.29 is 9.90 Å². The quantitative estimate of drug-likeness (QED) is 0.868. The Hall–Kier alpha value is -1.35. The predicted molar refractivity (Wildman–Crippen MR) is 66.9 cm³/mol. The number of aryl methyl sites for hydroxylation is 1. The van der Waals surface area contributed by atoms with Crippen molar-refractivity contribution in [2.45, 2.75) is 26.3 Å². The van der Waals surface area contributed by atoms with Crippen LogP contribution in [0.15, 0.2) is 24.3 Å². The standard InChI is InChI=1S/C14H19NO2/c1-10-3-5-13(6-4-10)11(2)15-8-12(9-15)7-14(16)17/h3-6,11-12H,7-9H2,1-2H3,(H,16,17). The van der Waals surface area contributed by atoms with Gasteiger partial charge in [-0.15, -0.1) is 0 Å². The second kappa shape index (κ2) is 4.88. The lowest BCUT2D eigenvalue weighted by Crippen LogP contribution is -2.48. The van der Waals surface area contributed by atoms with Gasteiger partial charge in [-0.2, -0.15) is 0 Å². The van der Waals surface area contributed by atoms with Crippen molar-refractivity contribution in [2.24, 2.45) is 5.92 Å². The molecule has 1 atom stereocenters. The molecular formula is C14H19NO2. The van der Waals surface area contributed by atoms with Gasteiger partial charge in [-0.25, -0.2) is 0 Å². The van der Waals surface area contributed by atoms with Crippen molar-refractivity contribution >= 4 is 5.97 Å². The van der Waals surface area contributed by atoms with E-state index in [1.54, 1.807) is 0 Å². The van der Waals surface area contributed by atoms with E-state index in [1.807, 2.05) is 0 Å². The molecule has 3 heteroatoms. The number of aliphatic carboxylic acids is 1. The number of benzene rings is 1. The van der Waals surface area contributed by atoms with Gasteiger partial charge in [0.2, 0.25) is 0 Å². The van der Waals surface area contributed by atoms with E-state index in [1.165, 1.54) is 11.1 Å². The van der Waals surface area contributed by atoms with E-state index in [0.29, 0.717) is 18.4 Å². The van der Waals surface area contributed by atoms with Crippen LogP contribution >= 0.6 is 0 Å². The highest BCUT2D eigenvalue weighted by atomic mass is 16.4. The molecule has 1 aromatic carbocycles. The molecule has 1 aromatic rings. The van der Waals surface area contributed by atoms with E-state index >= 15 is 0 Å². The number of hydrogen-bond acceptors (Lipinski definition) is 2. The third-order valence-corrected chi connectivity index (χ3v) is 3.56. The first kappa shape index (κ1) is 12.1. The normalized spacial score (nSPS) is 18.7. The number of nitrogens with zero attached hydrogens (tertiary/aromatic N) is 1. The molecule has 1 N–H and O–H groups in total. The number of carboxylic acid groups (broad SMARTS) is 1. The molecule has 0 radical (unpaired) electrons. The lowest BCUT2D eigenvalue weighted by atomic mass is 9.92. The summed E-state index contributed by atoms with van der Waals surface area (Å²) in [5.74, 6) is -0.349. The van der Waals surface area contributed by atoms with E-state index in [2.05, 4.69) is 43.0 Å². The van der Waals surface area contributed by atoms with Crippen LogP contribution in [0.1, 0.15) is 30.5 Å². The van der Waals surface area contributed by atoms with Crippen LogP contribution in [0.2, 0.25) is 0 Å². The molecule has 1 saturated heterocycles. The first-order chi connectivity index (χ1) is 8.06. The van der Waals surface area contributed by atoms with E-state index in [0.717, 1.165) is 13.1 Å². The molecule has 1 heterocycles. The molecule has 0 saturated carbocycles. The molecule has 3 nitrogen and oxygen atoms in total. The molecule has 1 aliphatic rings. The summed E-state index contributed by atoms with van der Waals surface area (Å²) in [6.07, 6.45) is 0.303. The molecule has 92 valence electrons. The van der Waals surface area contributed by atoms with Crippen LogP contribution in [0, 0.1) is 12.8 Å². The second-order valence-corrected chi connectivity index (χ2v) is 5.00. The van der Waals surface area contributed by atoms with Gasteiger partial charge in [0.05, 0.1) is 6.42 Å². The zero-order chi connectivity index (χ0) is 12.4. The minimum atomic E-state index is -0.683. The Morgan fingerprint density at radius 3 is 2.53 bits per heavy atom. The molecule has 1 fully saturated rings. The van der Waals surface area contributed by atoms with Gasteiger partial charge >= 0.3 is 5.97 Å². The average Bonchev–Trinajstić information content (AvgIpc) is 2.23. The van der Waals surface area contributed by atoms with Crippen LogP contribution in [-0.4, -0.2) is 29.1 Å². The van der Waals surface area contributed by atoms with Gasteiger partial charge in [0.25, 0.3) is 0 Å². The summed E-state index contributed by atoms with van der Waals surface area (Å²) in [5.41, 5.74) is 2.58. The molecule has 0 spiro atoms. The van der Waals surface area contributed by atoms with Crippen LogP contribution in [-0.2, 0) is 4.79 Å². The Bertz CT molecular complexity index is 393. The molecule has 0 amide bonds. The molecule has 0 aromatic heterocycles. The van der Waals surface area contributed by atoms with E-state index in [4.69, 9.17) is 5.11 Å². The first-order valence-electron chi connectivity index (χ1n) is 6.08. The van der Waals surface area contributed by atoms with Crippen molar-refractivity contribution in [2.75, 3.05) is 13.1 Å². The third-order valence-electron chi connectivity index (χ3n) is 3.56. The lowest BCUT2D eigenvalue weighted by Gasteiger charge is -2.42. The van der Waals surface area contributed by atoms with Crippen LogP contribution in [0.3, 0.4) is 0 Å². The summed E-state index contributed by atoms with van der Waals surface area (Å²) in [4.78, 5) is 12.9. The zero-order valence-electron chi connectivity index (χ0n) is 10.4. The molecule has 2 rings (SSSR count). The zero-order valence-corrected chi connectivity index (χ0v) is 10.4. The summed E-state index contributed by atoms with van der Waals surface area (Å²) in [7, 11) is 0. The van der Waals surface area contributed by atoms with Gasteiger partial charge in [0.15, 0.2) is 0 Å². The monoisotopic (exact) mass is 233 g/mol. The summed E-state index contributed by atoms with van der Waals surface area (Å²) < 4.78 is 0.